The highest BCUT2D eigenvalue weighted by molar-refractivity contribution is 5.96. The smallest absolute Gasteiger partial charge is 0.255 e. The first kappa shape index (κ1) is 20.7. The van der Waals surface area contributed by atoms with E-state index < -0.39 is 0 Å². The number of ether oxygens (including phenoxy) is 1. The molecule has 1 fully saturated rings. The second kappa shape index (κ2) is 9.06. The van der Waals surface area contributed by atoms with Gasteiger partial charge in [-0.3, -0.25) is 9.69 Å². The van der Waals surface area contributed by atoms with Crippen molar-refractivity contribution < 1.29 is 9.53 Å². The normalized spacial score (nSPS) is 18.2. The number of likely N-dealkylation sites (N-methyl/N-ethyl adjacent to an activating group) is 2. The van der Waals surface area contributed by atoms with Crippen LogP contribution in [0.1, 0.15) is 27.5 Å². The number of hydrogen-bond acceptors (Lipinski definition) is 5. The lowest BCUT2D eigenvalue weighted by atomic mass is 10.00. The quantitative estimate of drug-likeness (QED) is 0.796. The molecule has 1 N–H and O–H groups in total. The summed E-state index contributed by atoms with van der Waals surface area (Å²) in [6, 6.07) is 14.4. The first-order valence-corrected chi connectivity index (χ1v) is 10.7. The summed E-state index contributed by atoms with van der Waals surface area (Å²) >= 11 is 0. The van der Waals surface area contributed by atoms with Gasteiger partial charge in [-0.05, 0) is 42.8 Å². The number of para-hydroxylation sites is 1. The molecule has 0 aliphatic carbocycles. The molecule has 1 saturated heterocycles. The van der Waals surface area contributed by atoms with Gasteiger partial charge in [0.15, 0.2) is 0 Å². The SMILES string of the molecule is COc1ccccc1C(=O)NC[C@@H](c1ccc2c(c1)CCN2C)N1CCN(C)CC1. The molecule has 30 heavy (non-hydrogen) atoms. The lowest BCUT2D eigenvalue weighted by Crippen LogP contribution is -2.48. The van der Waals surface area contributed by atoms with E-state index in [1.54, 1.807) is 7.11 Å². The van der Waals surface area contributed by atoms with Gasteiger partial charge in [0.05, 0.1) is 18.7 Å². The van der Waals surface area contributed by atoms with E-state index in [0.717, 1.165) is 39.1 Å². The lowest BCUT2D eigenvalue weighted by molar-refractivity contribution is 0.0883. The van der Waals surface area contributed by atoms with Gasteiger partial charge in [-0.15, -0.1) is 0 Å². The summed E-state index contributed by atoms with van der Waals surface area (Å²) in [5.74, 6) is 0.513. The number of piperazine rings is 1. The third-order valence-corrected chi connectivity index (χ3v) is 6.40. The monoisotopic (exact) mass is 408 g/mol. The van der Waals surface area contributed by atoms with Gasteiger partial charge in [0, 0.05) is 52.0 Å². The molecule has 0 aromatic heterocycles. The number of nitrogens with zero attached hydrogens (tertiary/aromatic N) is 3. The molecule has 0 spiro atoms. The van der Waals surface area contributed by atoms with Crippen molar-refractivity contribution in [2.75, 3.05) is 65.4 Å². The van der Waals surface area contributed by atoms with E-state index in [-0.39, 0.29) is 11.9 Å². The van der Waals surface area contributed by atoms with Crippen LogP contribution in [0.3, 0.4) is 0 Å². The number of methoxy groups -OCH3 is 1. The maximum absolute atomic E-state index is 12.9. The molecule has 6 heteroatoms. The summed E-state index contributed by atoms with van der Waals surface area (Å²) < 4.78 is 5.37. The summed E-state index contributed by atoms with van der Waals surface area (Å²) in [4.78, 5) is 20.1. The van der Waals surface area contributed by atoms with E-state index in [1.165, 1.54) is 16.8 Å². The Hall–Kier alpha value is -2.57. The predicted molar refractivity (Wildman–Crippen MR) is 121 cm³/mol. The molecule has 0 saturated carbocycles. The minimum absolute atomic E-state index is 0.0903. The number of nitrogens with one attached hydrogen (secondary N) is 1. The second-order valence-corrected chi connectivity index (χ2v) is 8.33. The average Bonchev–Trinajstić information content (AvgIpc) is 3.15. The number of rotatable bonds is 6. The number of fused-ring (bicyclic) bond motifs is 1. The standard InChI is InChI=1S/C24H32N4O2/c1-26-12-14-28(15-13-26)22(18-8-9-21-19(16-18)10-11-27(21)2)17-25-24(29)20-6-4-5-7-23(20)30-3/h4-9,16,22H,10-15,17H2,1-3H3,(H,25,29)/t22-/m0/s1. The van der Waals surface area contributed by atoms with Crippen LogP contribution >= 0.6 is 0 Å². The first-order valence-electron chi connectivity index (χ1n) is 10.7. The van der Waals surface area contributed by atoms with Crippen molar-refractivity contribution in [3.8, 4) is 5.75 Å². The topological polar surface area (TPSA) is 48.1 Å². The highest BCUT2D eigenvalue weighted by atomic mass is 16.5. The van der Waals surface area contributed by atoms with Crippen molar-refractivity contribution in [2.24, 2.45) is 0 Å². The molecule has 2 heterocycles. The average molecular weight is 409 g/mol. The third kappa shape index (κ3) is 4.30. The van der Waals surface area contributed by atoms with Gasteiger partial charge in [-0.2, -0.15) is 0 Å². The number of carbonyl (C=O) groups is 1. The van der Waals surface area contributed by atoms with Crippen molar-refractivity contribution in [3.05, 3.63) is 59.2 Å². The van der Waals surface area contributed by atoms with E-state index in [4.69, 9.17) is 4.74 Å². The van der Waals surface area contributed by atoms with E-state index in [9.17, 15) is 4.79 Å². The van der Waals surface area contributed by atoms with Crippen molar-refractivity contribution in [2.45, 2.75) is 12.5 Å². The zero-order valence-electron chi connectivity index (χ0n) is 18.2. The molecule has 2 aromatic rings. The van der Waals surface area contributed by atoms with Crippen LogP contribution < -0.4 is 15.0 Å². The minimum atomic E-state index is -0.0903. The van der Waals surface area contributed by atoms with Crippen molar-refractivity contribution >= 4 is 11.6 Å². The summed E-state index contributed by atoms with van der Waals surface area (Å²) in [7, 11) is 5.92. The summed E-state index contributed by atoms with van der Waals surface area (Å²) in [5.41, 5.74) is 4.60. The van der Waals surface area contributed by atoms with E-state index in [1.807, 2.05) is 24.3 Å². The van der Waals surface area contributed by atoms with Crippen LogP contribution in [0.5, 0.6) is 5.75 Å². The number of benzene rings is 2. The largest absolute Gasteiger partial charge is 0.496 e. The molecule has 160 valence electrons. The molecule has 0 bridgehead atoms. The maximum Gasteiger partial charge on any atom is 0.255 e. The number of anilines is 1. The van der Waals surface area contributed by atoms with Gasteiger partial charge >= 0.3 is 0 Å². The van der Waals surface area contributed by atoms with Gasteiger partial charge in [0.2, 0.25) is 0 Å². The Kier molecular flexibility index (Phi) is 6.25. The summed E-state index contributed by atoms with van der Waals surface area (Å²) in [6.07, 6.45) is 1.09. The summed E-state index contributed by atoms with van der Waals surface area (Å²) in [5, 5.41) is 3.17. The van der Waals surface area contributed by atoms with Crippen LogP contribution in [-0.4, -0.2) is 76.2 Å². The Morgan fingerprint density at radius 1 is 1.07 bits per heavy atom. The van der Waals surface area contributed by atoms with E-state index in [2.05, 4.69) is 52.3 Å². The van der Waals surface area contributed by atoms with Crippen LogP contribution in [0.2, 0.25) is 0 Å². The first-order chi connectivity index (χ1) is 14.6. The highest BCUT2D eigenvalue weighted by Crippen LogP contribution is 2.31. The summed E-state index contributed by atoms with van der Waals surface area (Å²) in [6.45, 7) is 5.75. The van der Waals surface area contributed by atoms with Crippen LogP contribution in [0.15, 0.2) is 42.5 Å². The highest BCUT2D eigenvalue weighted by Gasteiger charge is 2.26. The molecule has 2 aromatic carbocycles. The van der Waals surface area contributed by atoms with Gasteiger partial charge in [-0.25, -0.2) is 0 Å². The third-order valence-electron chi connectivity index (χ3n) is 6.40. The minimum Gasteiger partial charge on any atom is -0.496 e. The molecule has 2 aliphatic heterocycles. The molecule has 1 atom stereocenters. The predicted octanol–water partition coefficient (Wildman–Crippen LogP) is 2.41. The van der Waals surface area contributed by atoms with Gasteiger partial charge in [-0.1, -0.05) is 24.3 Å². The molecule has 6 nitrogen and oxygen atoms in total. The Morgan fingerprint density at radius 2 is 1.83 bits per heavy atom. The van der Waals surface area contributed by atoms with E-state index >= 15 is 0 Å². The van der Waals surface area contributed by atoms with Crippen molar-refractivity contribution in [1.82, 2.24) is 15.1 Å². The van der Waals surface area contributed by atoms with Crippen molar-refractivity contribution in [1.29, 1.82) is 0 Å². The fourth-order valence-electron chi connectivity index (χ4n) is 4.50. The van der Waals surface area contributed by atoms with Gasteiger partial charge in [0.1, 0.15) is 5.75 Å². The van der Waals surface area contributed by atoms with Crippen LogP contribution in [0.25, 0.3) is 0 Å². The Morgan fingerprint density at radius 3 is 2.60 bits per heavy atom. The number of hydrogen-bond donors (Lipinski definition) is 1. The van der Waals surface area contributed by atoms with E-state index in [0.29, 0.717) is 17.9 Å². The molecular formula is C24H32N4O2. The van der Waals surface area contributed by atoms with Gasteiger partial charge in [0.25, 0.3) is 5.91 Å². The zero-order valence-corrected chi connectivity index (χ0v) is 18.2. The molecule has 4 rings (SSSR count). The maximum atomic E-state index is 12.9. The Labute approximate surface area is 179 Å². The molecule has 1 amide bonds. The second-order valence-electron chi connectivity index (χ2n) is 8.33. The fraction of sp³-hybridized carbons (Fsp3) is 0.458. The zero-order chi connectivity index (χ0) is 21.1. The number of carbonyl (C=O) groups excluding carboxylic acids is 1. The Balaban J connectivity index is 1.54. The number of amides is 1. The van der Waals surface area contributed by atoms with Crippen LogP contribution in [0.4, 0.5) is 5.69 Å². The van der Waals surface area contributed by atoms with Crippen molar-refractivity contribution in [3.63, 3.8) is 0 Å². The van der Waals surface area contributed by atoms with Gasteiger partial charge < -0.3 is 19.9 Å². The van der Waals surface area contributed by atoms with Crippen LogP contribution in [0, 0.1) is 0 Å². The molecular weight excluding hydrogens is 376 g/mol. The Bertz CT molecular complexity index is 893. The molecule has 0 unspecified atom stereocenters. The fourth-order valence-corrected chi connectivity index (χ4v) is 4.50. The molecule has 2 aliphatic rings. The van der Waals surface area contributed by atoms with Crippen LogP contribution in [-0.2, 0) is 6.42 Å². The lowest BCUT2D eigenvalue weighted by Gasteiger charge is -2.38. The molecule has 0 radical (unpaired) electrons.